The van der Waals surface area contributed by atoms with Crippen molar-refractivity contribution >= 4 is 11.6 Å². The summed E-state index contributed by atoms with van der Waals surface area (Å²) in [6.07, 6.45) is 0.116. The molecule has 0 saturated heterocycles. The Hall–Kier alpha value is -1.33. The third-order valence-corrected chi connectivity index (χ3v) is 1.97. The third-order valence-electron chi connectivity index (χ3n) is 1.84. The Morgan fingerprint density at radius 2 is 2.12 bits per heavy atom. The lowest BCUT2D eigenvalue weighted by Crippen LogP contribution is -2.06. The van der Waals surface area contributed by atoms with E-state index in [1.807, 2.05) is 32.0 Å². The average Bonchev–Trinajstić information content (AvgIpc) is 2.27. The van der Waals surface area contributed by atoms with E-state index in [2.05, 4.69) is 11.8 Å². The third kappa shape index (κ3) is 3.67. The van der Waals surface area contributed by atoms with Crippen LogP contribution in [0.25, 0.3) is 0 Å². The number of hydrogen-bond donors (Lipinski definition) is 0. The van der Waals surface area contributed by atoms with Gasteiger partial charge in [-0.05, 0) is 32.0 Å². The molecular formula is C13H15ClO2. The average molecular weight is 239 g/mol. The van der Waals surface area contributed by atoms with Gasteiger partial charge in [0, 0.05) is 0 Å². The number of halogens is 1. The molecule has 0 aromatic heterocycles. The number of ether oxygens (including phenoxy) is 2. The maximum absolute atomic E-state index is 5.64. The Labute approximate surface area is 102 Å². The molecule has 0 fully saturated rings. The van der Waals surface area contributed by atoms with Gasteiger partial charge >= 0.3 is 0 Å². The molecule has 0 heterocycles. The normalized spacial score (nSPS) is 9.56. The maximum atomic E-state index is 5.64. The second-order valence-electron chi connectivity index (χ2n) is 3.46. The smallest absolute Gasteiger partial charge is 0.135 e. The molecule has 1 aromatic rings. The predicted molar refractivity (Wildman–Crippen MR) is 66.4 cm³/mol. The van der Waals surface area contributed by atoms with Crippen LogP contribution in [0.15, 0.2) is 18.2 Å². The summed E-state index contributed by atoms with van der Waals surface area (Å²) in [6.45, 7) is 3.95. The molecule has 0 amide bonds. The van der Waals surface area contributed by atoms with E-state index in [-0.39, 0.29) is 6.10 Å². The van der Waals surface area contributed by atoms with Crippen molar-refractivity contribution in [1.82, 2.24) is 0 Å². The van der Waals surface area contributed by atoms with Gasteiger partial charge in [-0.1, -0.05) is 11.8 Å². The van der Waals surface area contributed by atoms with Crippen LogP contribution in [0.4, 0.5) is 0 Å². The molecule has 16 heavy (non-hydrogen) atoms. The highest BCUT2D eigenvalue weighted by Crippen LogP contribution is 2.24. The highest BCUT2D eigenvalue weighted by Gasteiger charge is 2.05. The van der Waals surface area contributed by atoms with E-state index in [1.54, 1.807) is 7.11 Å². The first kappa shape index (κ1) is 12.7. The van der Waals surface area contributed by atoms with E-state index in [0.717, 1.165) is 17.1 Å². The zero-order valence-corrected chi connectivity index (χ0v) is 10.5. The van der Waals surface area contributed by atoms with Gasteiger partial charge in [0.2, 0.25) is 0 Å². The van der Waals surface area contributed by atoms with Crippen LogP contribution in [0.1, 0.15) is 19.4 Å². The van der Waals surface area contributed by atoms with Crippen LogP contribution >= 0.6 is 11.6 Å². The molecule has 0 unspecified atom stereocenters. The van der Waals surface area contributed by atoms with Crippen molar-refractivity contribution < 1.29 is 9.47 Å². The summed E-state index contributed by atoms with van der Waals surface area (Å²) in [6, 6.07) is 5.55. The van der Waals surface area contributed by atoms with Crippen molar-refractivity contribution in [3.63, 3.8) is 0 Å². The molecule has 0 radical (unpaired) electrons. The minimum Gasteiger partial charge on any atom is -0.497 e. The first-order valence-corrected chi connectivity index (χ1v) is 5.60. The van der Waals surface area contributed by atoms with Gasteiger partial charge in [-0.2, -0.15) is 0 Å². The molecule has 0 spiro atoms. The second kappa shape index (κ2) is 6.30. The molecule has 0 aliphatic heterocycles. The summed E-state index contributed by atoms with van der Waals surface area (Å²) in [5.74, 6) is 7.59. The minimum atomic E-state index is 0.116. The molecule has 2 nitrogen and oxygen atoms in total. The maximum Gasteiger partial charge on any atom is 0.135 e. The fourth-order valence-electron chi connectivity index (χ4n) is 1.22. The fraction of sp³-hybridized carbons (Fsp3) is 0.385. The molecule has 1 rings (SSSR count). The molecule has 0 aliphatic carbocycles. The lowest BCUT2D eigenvalue weighted by atomic mass is 10.2. The van der Waals surface area contributed by atoms with Gasteiger partial charge in [0.05, 0.1) is 24.7 Å². The lowest BCUT2D eigenvalue weighted by Gasteiger charge is -2.12. The summed E-state index contributed by atoms with van der Waals surface area (Å²) >= 11 is 5.54. The van der Waals surface area contributed by atoms with E-state index in [0.29, 0.717) is 5.88 Å². The van der Waals surface area contributed by atoms with Gasteiger partial charge in [0.15, 0.2) is 0 Å². The van der Waals surface area contributed by atoms with E-state index < -0.39 is 0 Å². The quantitative estimate of drug-likeness (QED) is 0.595. The highest BCUT2D eigenvalue weighted by molar-refractivity contribution is 6.19. The first-order chi connectivity index (χ1) is 7.67. The molecule has 0 bridgehead atoms. The van der Waals surface area contributed by atoms with Gasteiger partial charge in [-0.3, -0.25) is 0 Å². The van der Waals surface area contributed by atoms with Crippen LogP contribution in [0.2, 0.25) is 0 Å². The molecular weight excluding hydrogens is 224 g/mol. The summed E-state index contributed by atoms with van der Waals surface area (Å²) < 4.78 is 10.8. The predicted octanol–water partition coefficient (Wildman–Crippen LogP) is 3.07. The van der Waals surface area contributed by atoms with E-state index in [4.69, 9.17) is 21.1 Å². The summed E-state index contributed by atoms with van der Waals surface area (Å²) in [4.78, 5) is 0. The number of methoxy groups -OCH3 is 1. The number of rotatable bonds is 3. The van der Waals surface area contributed by atoms with Crippen LogP contribution in [0.3, 0.4) is 0 Å². The number of alkyl halides is 1. The monoisotopic (exact) mass is 238 g/mol. The topological polar surface area (TPSA) is 18.5 Å². The standard InChI is InChI=1S/C13H15ClO2/c1-10(2)16-13-7-6-12(15-3)9-11(13)5-4-8-14/h6-7,9-10H,8H2,1-3H3. The van der Waals surface area contributed by atoms with Gasteiger partial charge in [0.25, 0.3) is 0 Å². The molecule has 86 valence electrons. The Bertz CT molecular complexity index is 402. The Kier molecular flexibility index (Phi) is 5.01. The highest BCUT2D eigenvalue weighted by atomic mass is 35.5. The van der Waals surface area contributed by atoms with E-state index in [9.17, 15) is 0 Å². The van der Waals surface area contributed by atoms with Crippen molar-refractivity contribution in [1.29, 1.82) is 0 Å². The minimum absolute atomic E-state index is 0.116. The van der Waals surface area contributed by atoms with E-state index in [1.165, 1.54) is 0 Å². The summed E-state index contributed by atoms with van der Waals surface area (Å²) in [7, 11) is 1.62. The summed E-state index contributed by atoms with van der Waals surface area (Å²) in [5.41, 5.74) is 0.800. The van der Waals surface area contributed by atoms with Gasteiger partial charge in [0.1, 0.15) is 11.5 Å². The molecule has 0 saturated carbocycles. The molecule has 0 aliphatic rings. The molecule has 1 aromatic carbocycles. The van der Waals surface area contributed by atoms with Crippen molar-refractivity contribution in [3.8, 4) is 23.3 Å². The number of benzene rings is 1. The van der Waals surface area contributed by atoms with Crippen LogP contribution in [0, 0.1) is 11.8 Å². The van der Waals surface area contributed by atoms with Crippen molar-refractivity contribution in [3.05, 3.63) is 23.8 Å². The molecule has 3 heteroatoms. The van der Waals surface area contributed by atoms with Crippen LogP contribution < -0.4 is 9.47 Å². The van der Waals surface area contributed by atoms with Crippen molar-refractivity contribution in [2.75, 3.05) is 13.0 Å². The SMILES string of the molecule is COc1ccc(OC(C)C)c(C#CCCl)c1. The van der Waals surface area contributed by atoms with Crippen LogP contribution in [-0.4, -0.2) is 19.1 Å². The van der Waals surface area contributed by atoms with Gasteiger partial charge < -0.3 is 9.47 Å². The summed E-state index contributed by atoms with van der Waals surface area (Å²) in [5, 5.41) is 0. The molecule has 0 atom stereocenters. The van der Waals surface area contributed by atoms with Crippen molar-refractivity contribution in [2.45, 2.75) is 20.0 Å². The Morgan fingerprint density at radius 1 is 1.38 bits per heavy atom. The van der Waals surface area contributed by atoms with E-state index >= 15 is 0 Å². The molecule has 0 N–H and O–H groups in total. The van der Waals surface area contributed by atoms with Crippen LogP contribution in [0.5, 0.6) is 11.5 Å². The Balaban J connectivity index is 3.05. The van der Waals surface area contributed by atoms with Crippen molar-refractivity contribution in [2.24, 2.45) is 0 Å². The zero-order chi connectivity index (χ0) is 12.0. The second-order valence-corrected chi connectivity index (χ2v) is 3.73. The fourth-order valence-corrected chi connectivity index (χ4v) is 1.29. The zero-order valence-electron chi connectivity index (χ0n) is 9.71. The largest absolute Gasteiger partial charge is 0.497 e. The van der Waals surface area contributed by atoms with Gasteiger partial charge in [-0.15, -0.1) is 11.6 Å². The van der Waals surface area contributed by atoms with Crippen LogP contribution in [-0.2, 0) is 0 Å². The lowest BCUT2D eigenvalue weighted by molar-refractivity contribution is 0.241. The first-order valence-electron chi connectivity index (χ1n) is 5.07. The number of hydrogen-bond acceptors (Lipinski definition) is 2. The van der Waals surface area contributed by atoms with Gasteiger partial charge in [-0.25, -0.2) is 0 Å². The Morgan fingerprint density at radius 3 is 2.69 bits per heavy atom.